The molecule has 7 nitrogen and oxygen atoms in total. The average Bonchev–Trinajstić information content (AvgIpc) is 3.07. The van der Waals surface area contributed by atoms with E-state index in [9.17, 15) is 13.2 Å². The SMILES string of the molecule is CNS(=O)(=O)c1cc(C(=O)OCc2nc(-c3ccccc3)oc2C)ccc1Cl. The van der Waals surface area contributed by atoms with Crippen LogP contribution in [0.5, 0.6) is 0 Å². The second-order valence-corrected chi connectivity index (χ2v) is 8.08. The van der Waals surface area contributed by atoms with Crippen LogP contribution in [0.25, 0.3) is 11.5 Å². The van der Waals surface area contributed by atoms with Crippen LogP contribution in [0.1, 0.15) is 21.8 Å². The Balaban J connectivity index is 1.77. The van der Waals surface area contributed by atoms with E-state index in [4.69, 9.17) is 20.8 Å². The molecule has 0 aliphatic rings. The minimum absolute atomic E-state index is 0.00532. The molecular weight excluding hydrogens is 404 g/mol. The highest BCUT2D eigenvalue weighted by Gasteiger charge is 2.20. The number of carbonyl (C=O) groups excluding carboxylic acids is 1. The maximum absolute atomic E-state index is 12.3. The van der Waals surface area contributed by atoms with Crippen molar-refractivity contribution in [1.82, 2.24) is 9.71 Å². The zero-order valence-corrected chi connectivity index (χ0v) is 16.7. The van der Waals surface area contributed by atoms with E-state index in [1.807, 2.05) is 30.3 Å². The molecule has 9 heteroatoms. The summed E-state index contributed by atoms with van der Waals surface area (Å²) in [5, 5.41) is 0.00532. The number of halogens is 1. The highest BCUT2D eigenvalue weighted by Crippen LogP contribution is 2.24. The normalized spacial score (nSPS) is 11.4. The van der Waals surface area contributed by atoms with Gasteiger partial charge in [-0.3, -0.25) is 0 Å². The van der Waals surface area contributed by atoms with Gasteiger partial charge >= 0.3 is 5.97 Å². The van der Waals surface area contributed by atoms with Gasteiger partial charge in [0.2, 0.25) is 15.9 Å². The first-order valence-electron chi connectivity index (χ1n) is 8.24. The van der Waals surface area contributed by atoms with Crippen molar-refractivity contribution in [2.45, 2.75) is 18.4 Å². The molecule has 3 aromatic rings. The number of nitrogens with zero attached hydrogens (tertiary/aromatic N) is 1. The molecule has 28 heavy (non-hydrogen) atoms. The number of hydrogen-bond acceptors (Lipinski definition) is 6. The van der Waals surface area contributed by atoms with Crippen molar-refractivity contribution in [3.8, 4) is 11.5 Å². The minimum atomic E-state index is -3.80. The molecule has 0 amide bonds. The Kier molecular flexibility index (Phi) is 5.83. The first-order chi connectivity index (χ1) is 13.3. The summed E-state index contributed by atoms with van der Waals surface area (Å²) in [5.41, 5.74) is 1.34. The highest BCUT2D eigenvalue weighted by molar-refractivity contribution is 7.89. The van der Waals surface area contributed by atoms with Gasteiger partial charge in [-0.2, -0.15) is 0 Å². The second kappa shape index (κ2) is 8.14. The molecule has 1 heterocycles. The van der Waals surface area contributed by atoms with Crippen molar-refractivity contribution < 1.29 is 22.4 Å². The standard InChI is InChI=1S/C19H17ClN2O5S/c1-12-16(22-18(27-12)13-6-4-3-5-7-13)11-26-19(23)14-8-9-15(20)17(10-14)28(24,25)21-2/h3-10,21H,11H2,1-2H3. The van der Waals surface area contributed by atoms with Crippen molar-refractivity contribution in [2.24, 2.45) is 0 Å². The first kappa shape index (κ1) is 20.1. The Morgan fingerprint density at radius 3 is 2.61 bits per heavy atom. The van der Waals surface area contributed by atoms with E-state index in [-0.39, 0.29) is 22.1 Å². The van der Waals surface area contributed by atoms with E-state index < -0.39 is 16.0 Å². The van der Waals surface area contributed by atoms with E-state index in [0.29, 0.717) is 17.3 Å². The summed E-state index contributed by atoms with van der Waals surface area (Å²) in [6.07, 6.45) is 0. The summed E-state index contributed by atoms with van der Waals surface area (Å²) >= 11 is 5.93. The number of aryl methyl sites for hydroxylation is 1. The molecule has 0 spiro atoms. The van der Waals surface area contributed by atoms with Gasteiger partial charge in [0.25, 0.3) is 0 Å². The Hall–Kier alpha value is -2.68. The molecule has 1 aromatic heterocycles. The molecule has 0 aliphatic carbocycles. The first-order valence-corrected chi connectivity index (χ1v) is 10.1. The van der Waals surface area contributed by atoms with Crippen molar-refractivity contribution in [2.75, 3.05) is 7.05 Å². The number of esters is 1. The lowest BCUT2D eigenvalue weighted by Crippen LogP contribution is -2.19. The van der Waals surface area contributed by atoms with Gasteiger partial charge in [-0.15, -0.1) is 0 Å². The van der Waals surface area contributed by atoms with Gasteiger partial charge in [0.05, 0.1) is 10.6 Å². The van der Waals surface area contributed by atoms with Gasteiger partial charge in [-0.05, 0) is 44.3 Å². The Labute approximate surface area is 167 Å². The second-order valence-electron chi connectivity index (χ2n) is 5.82. The number of carbonyl (C=O) groups is 1. The van der Waals surface area contributed by atoms with Crippen LogP contribution in [0.15, 0.2) is 57.8 Å². The summed E-state index contributed by atoms with van der Waals surface area (Å²) in [5.74, 6) is 0.257. The largest absolute Gasteiger partial charge is 0.455 e. The number of benzene rings is 2. The van der Waals surface area contributed by atoms with Crippen molar-refractivity contribution in [3.63, 3.8) is 0 Å². The molecule has 0 radical (unpaired) electrons. The Bertz CT molecular complexity index is 1110. The molecule has 2 aromatic carbocycles. The van der Waals surface area contributed by atoms with Gasteiger partial charge in [0, 0.05) is 5.56 Å². The number of hydrogen-bond donors (Lipinski definition) is 1. The summed E-state index contributed by atoms with van der Waals surface area (Å²) in [6.45, 7) is 1.61. The van der Waals surface area contributed by atoms with E-state index in [0.717, 1.165) is 5.56 Å². The Morgan fingerprint density at radius 1 is 1.21 bits per heavy atom. The molecule has 0 bridgehead atoms. The zero-order valence-electron chi connectivity index (χ0n) is 15.1. The van der Waals surface area contributed by atoms with E-state index >= 15 is 0 Å². The number of nitrogens with one attached hydrogen (secondary N) is 1. The lowest BCUT2D eigenvalue weighted by molar-refractivity contribution is 0.0466. The fourth-order valence-electron chi connectivity index (χ4n) is 2.43. The van der Waals surface area contributed by atoms with Crippen molar-refractivity contribution >= 4 is 27.6 Å². The third-order valence-corrected chi connectivity index (χ3v) is 5.87. The summed E-state index contributed by atoms with van der Waals surface area (Å²) in [6, 6.07) is 13.2. The number of oxazole rings is 1. The van der Waals surface area contributed by atoms with Crippen LogP contribution in [0.2, 0.25) is 5.02 Å². The fourth-order valence-corrected chi connectivity index (χ4v) is 3.68. The smallest absolute Gasteiger partial charge is 0.338 e. The summed E-state index contributed by atoms with van der Waals surface area (Å²) in [4.78, 5) is 16.5. The molecule has 0 unspecified atom stereocenters. The van der Waals surface area contributed by atoms with Crippen LogP contribution in [-0.4, -0.2) is 26.4 Å². The number of ether oxygens (including phenoxy) is 1. The van der Waals surface area contributed by atoms with E-state index in [1.165, 1.54) is 25.2 Å². The molecule has 0 saturated carbocycles. The number of rotatable bonds is 6. The van der Waals surface area contributed by atoms with Gasteiger partial charge in [0.1, 0.15) is 23.0 Å². The number of sulfonamides is 1. The van der Waals surface area contributed by atoms with Gasteiger partial charge in [-0.1, -0.05) is 29.8 Å². The van der Waals surface area contributed by atoms with E-state index in [2.05, 4.69) is 9.71 Å². The molecule has 0 aliphatic heterocycles. The topological polar surface area (TPSA) is 98.5 Å². The summed E-state index contributed by atoms with van der Waals surface area (Å²) in [7, 11) is -2.54. The maximum Gasteiger partial charge on any atom is 0.338 e. The maximum atomic E-state index is 12.3. The lowest BCUT2D eigenvalue weighted by atomic mass is 10.2. The van der Waals surface area contributed by atoms with Gasteiger partial charge in [-0.25, -0.2) is 22.9 Å². The minimum Gasteiger partial charge on any atom is -0.455 e. The molecular formula is C19H17ClN2O5S. The molecule has 3 rings (SSSR count). The predicted octanol–water partition coefficient (Wildman–Crippen LogP) is 3.57. The molecule has 146 valence electrons. The quantitative estimate of drug-likeness (QED) is 0.612. The third kappa shape index (κ3) is 4.24. The van der Waals surface area contributed by atoms with Crippen molar-refractivity contribution in [3.05, 3.63) is 70.6 Å². The third-order valence-electron chi connectivity index (χ3n) is 3.98. The van der Waals surface area contributed by atoms with Crippen LogP contribution >= 0.6 is 11.6 Å². The predicted molar refractivity (Wildman–Crippen MR) is 103 cm³/mol. The highest BCUT2D eigenvalue weighted by atomic mass is 35.5. The molecule has 0 atom stereocenters. The zero-order chi connectivity index (χ0) is 20.3. The average molecular weight is 421 g/mol. The summed E-state index contributed by atoms with van der Waals surface area (Å²) < 4.78 is 37.0. The van der Waals surface area contributed by atoms with Crippen LogP contribution < -0.4 is 4.72 Å². The molecule has 1 N–H and O–H groups in total. The van der Waals surface area contributed by atoms with Crippen LogP contribution in [0, 0.1) is 6.92 Å². The van der Waals surface area contributed by atoms with Crippen LogP contribution in [0.4, 0.5) is 0 Å². The molecule has 0 fully saturated rings. The van der Waals surface area contributed by atoms with Crippen molar-refractivity contribution in [1.29, 1.82) is 0 Å². The van der Waals surface area contributed by atoms with Crippen LogP contribution in [-0.2, 0) is 21.4 Å². The van der Waals surface area contributed by atoms with E-state index in [1.54, 1.807) is 6.92 Å². The number of aromatic nitrogens is 1. The monoisotopic (exact) mass is 420 g/mol. The van der Waals surface area contributed by atoms with Gasteiger partial charge in [0.15, 0.2) is 0 Å². The lowest BCUT2D eigenvalue weighted by Gasteiger charge is -2.08. The van der Waals surface area contributed by atoms with Crippen LogP contribution in [0.3, 0.4) is 0 Å². The fraction of sp³-hybridized carbons (Fsp3) is 0.158. The van der Waals surface area contributed by atoms with Gasteiger partial charge < -0.3 is 9.15 Å². The molecule has 0 saturated heterocycles. The Morgan fingerprint density at radius 2 is 1.93 bits per heavy atom.